The molecule has 11 heavy (non-hydrogen) atoms. The Morgan fingerprint density at radius 1 is 1.55 bits per heavy atom. The highest BCUT2D eigenvalue weighted by molar-refractivity contribution is 6.05. The molecule has 2 aliphatic heterocycles. The van der Waals surface area contributed by atoms with Gasteiger partial charge in [0, 0.05) is 0 Å². The first-order chi connectivity index (χ1) is 5.27. The SMILES string of the molecule is O=C1CC(=O)C2NC=NC2N1. The second kappa shape index (κ2) is 2.05. The molecule has 58 valence electrons. The number of carbonyl (C=O) groups is 2. The molecule has 5 nitrogen and oxygen atoms in total. The van der Waals surface area contributed by atoms with Crippen molar-refractivity contribution in [3.05, 3.63) is 0 Å². The number of rotatable bonds is 0. The first kappa shape index (κ1) is 6.33. The van der Waals surface area contributed by atoms with E-state index in [2.05, 4.69) is 15.6 Å². The Morgan fingerprint density at radius 3 is 3.18 bits per heavy atom. The molecule has 0 aliphatic carbocycles. The van der Waals surface area contributed by atoms with Crippen LogP contribution in [-0.2, 0) is 9.59 Å². The number of carbonyl (C=O) groups excluding carboxylic acids is 2. The standard InChI is InChI=1S/C6H7N3O2/c10-3-1-4(11)9-6-5(3)7-2-8-6/h2,5-6H,1H2,(H,7,8)(H,9,11). The summed E-state index contributed by atoms with van der Waals surface area (Å²) >= 11 is 0. The van der Waals surface area contributed by atoms with Gasteiger partial charge in [-0.2, -0.15) is 0 Å². The quantitative estimate of drug-likeness (QED) is 0.412. The van der Waals surface area contributed by atoms with Gasteiger partial charge in [-0.3, -0.25) is 9.59 Å². The van der Waals surface area contributed by atoms with Gasteiger partial charge in [-0.05, 0) is 0 Å². The molecule has 1 saturated heterocycles. The Bertz CT molecular complexity index is 248. The van der Waals surface area contributed by atoms with Crippen LogP contribution in [0.15, 0.2) is 4.99 Å². The minimum atomic E-state index is -0.372. The Morgan fingerprint density at radius 2 is 2.36 bits per heavy atom. The van der Waals surface area contributed by atoms with Gasteiger partial charge in [-0.15, -0.1) is 0 Å². The van der Waals surface area contributed by atoms with Crippen molar-refractivity contribution in [3.63, 3.8) is 0 Å². The Hall–Kier alpha value is -1.39. The molecule has 0 aromatic heterocycles. The molecule has 0 spiro atoms. The lowest BCUT2D eigenvalue weighted by molar-refractivity contribution is -0.133. The van der Waals surface area contributed by atoms with E-state index in [-0.39, 0.29) is 30.3 Å². The summed E-state index contributed by atoms with van der Waals surface area (Å²) in [4.78, 5) is 25.7. The van der Waals surface area contributed by atoms with Gasteiger partial charge < -0.3 is 10.6 Å². The van der Waals surface area contributed by atoms with Crippen LogP contribution in [0.25, 0.3) is 0 Å². The largest absolute Gasteiger partial charge is 0.363 e. The number of nitrogens with zero attached hydrogens (tertiary/aromatic N) is 1. The highest BCUT2D eigenvalue weighted by atomic mass is 16.2. The van der Waals surface area contributed by atoms with E-state index >= 15 is 0 Å². The second-order valence-corrected chi connectivity index (χ2v) is 2.58. The minimum Gasteiger partial charge on any atom is -0.363 e. The molecule has 2 rings (SSSR count). The van der Waals surface area contributed by atoms with Crippen LogP contribution in [0.2, 0.25) is 0 Å². The van der Waals surface area contributed by atoms with Crippen LogP contribution in [0, 0.1) is 0 Å². The van der Waals surface area contributed by atoms with Crippen LogP contribution in [-0.4, -0.2) is 30.2 Å². The predicted octanol–water partition coefficient (Wildman–Crippen LogP) is -1.60. The number of hydrogen-bond acceptors (Lipinski definition) is 4. The lowest BCUT2D eigenvalue weighted by Crippen LogP contribution is -2.54. The van der Waals surface area contributed by atoms with E-state index in [1.807, 2.05) is 0 Å². The summed E-state index contributed by atoms with van der Waals surface area (Å²) in [7, 11) is 0. The third kappa shape index (κ3) is 0.886. The topological polar surface area (TPSA) is 70.6 Å². The molecule has 0 aromatic carbocycles. The van der Waals surface area contributed by atoms with E-state index in [4.69, 9.17) is 0 Å². The average Bonchev–Trinajstić information content (AvgIpc) is 2.34. The number of aliphatic imine (C=N–C) groups is 1. The van der Waals surface area contributed by atoms with Crippen molar-refractivity contribution in [1.29, 1.82) is 0 Å². The molecule has 2 aliphatic rings. The number of amides is 1. The monoisotopic (exact) mass is 153 g/mol. The molecule has 1 fully saturated rings. The van der Waals surface area contributed by atoms with E-state index in [1.54, 1.807) is 0 Å². The summed E-state index contributed by atoms with van der Waals surface area (Å²) in [6.07, 6.45) is 1.06. The van der Waals surface area contributed by atoms with Crippen LogP contribution in [0.3, 0.4) is 0 Å². The summed E-state index contributed by atoms with van der Waals surface area (Å²) in [6.45, 7) is 0. The summed E-state index contributed by atoms with van der Waals surface area (Å²) in [5.74, 6) is -0.326. The number of fused-ring (bicyclic) bond motifs is 1. The van der Waals surface area contributed by atoms with Gasteiger partial charge in [0.2, 0.25) is 5.91 Å². The number of hydrogen-bond donors (Lipinski definition) is 2. The van der Waals surface area contributed by atoms with E-state index in [0.717, 1.165) is 0 Å². The first-order valence-electron chi connectivity index (χ1n) is 3.37. The van der Waals surface area contributed by atoms with E-state index in [1.165, 1.54) is 6.34 Å². The Balaban J connectivity index is 2.20. The molecule has 1 amide bonds. The summed E-state index contributed by atoms with van der Waals surface area (Å²) in [6, 6.07) is -0.326. The van der Waals surface area contributed by atoms with Crippen molar-refractivity contribution in [2.45, 2.75) is 18.6 Å². The maximum absolute atomic E-state index is 11.1. The average molecular weight is 153 g/mol. The summed E-state index contributed by atoms with van der Waals surface area (Å²) < 4.78 is 0. The highest BCUT2D eigenvalue weighted by Gasteiger charge is 2.36. The van der Waals surface area contributed by atoms with Crippen LogP contribution >= 0.6 is 0 Å². The molecular formula is C6H7N3O2. The minimum absolute atomic E-state index is 0.0302. The normalized spacial score (nSPS) is 34.5. The van der Waals surface area contributed by atoms with E-state index < -0.39 is 0 Å². The molecule has 2 atom stereocenters. The van der Waals surface area contributed by atoms with E-state index in [0.29, 0.717) is 0 Å². The zero-order valence-electron chi connectivity index (χ0n) is 5.70. The molecule has 0 aromatic rings. The smallest absolute Gasteiger partial charge is 0.229 e. The maximum Gasteiger partial charge on any atom is 0.229 e. The van der Waals surface area contributed by atoms with Gasteiger partial charge in [0.25, 0.3) is 0 Å². The van der Waals surface area contributed by atoms with Crippen molar-refractivity contribution in [2.75, 3.05) is 0 Å². The number of nitrogens with one attached hydrogen (secondary N) is 2. The van der Waals surface area contributed by atoms with E-state index in [9.17, 15) is 9.59 Å². The van der Waals surface area contributed by atoms with Crippen molar-refractivity contribution in [2.24, 2.45) is 4.99 Å². The second-order valence-electron chi connectivity index (χ2n) is 2.58. The van der Waals surface area contributed by atoms with Gasteiger partial charge in [-0.25, -0.2) is 4.99 Å². The van der Waals surface area contributed by atoms with Gasteiger partial charge in [0.05, 0.1) is 12.8 Å². The van der Waals surface area contributed by atoms with Crippen LogP contribution in [0.5, 0.6) is 0 Å². The maximum atomic E-state index is 11.1. The summed E-state index contributed by atoms with van der Waals surface area (Å²) in [5.41, 5.74) is 0. The lowest BCUT2D eigenvalue weighted by atomic mass is 10.0. The Kier molecular flexibility index (Phi) is 1.18. The third-order valence-electron chi connectivity index (χ3n) is 1.80. The molecule has 2 N–H and O–H groups in total. The van der Waals surface area contributed by atoms with Crippen LogP contribution in [0.4, 0.5) is 0 Å². The molecule has 2 unspecified atom stereocenters. The molecule has 5 heteroatoms. The molecule has 0 saturated carbocycles. The third-order valence-corrected chi connectivity index (χ3v) is 1.80. The van der Waals surface area contributed by atoms with Crippen molar-refractivity contribution in [3.8, 4) is 0 Å². The lowest BCUT2D eigenvalue weighted by Gasteiger charge is -2.22. The van der Waals surface area contributed by atoms with Crippen molar-refractivity contribution < 1.29 is 9.59 Å². The van der Waals surface area contributed by atoms with Gasteiger partial charge in [0.15, 0.2) is 5.78 Å². The predicted molar refractivity (Wildman–Crippen MR) is 37.0 cm³/mol. The molecule has 0 radical (unpaired) electrons. The van der Waals surface area contributed by atoms with Crippen LogP contribution < -0.4 is 10.6 Å². The fourth-order valence-electron chi connectivity index (χ4n) is 1.25. The number of ketones is 1. The molecule has 2 heterocycles. The van der Waals surface area contributed by atoms with Crippen LogP contribution in [0.1, 0.15) is 6.42 Å². The van der Waals surface area contributed by atoms with Gasteiger partial charge >= 0.3 is 0 Å². The Labute approximate surface area is 62.9 Å². The van der Waals surface area contributed by atoms with Gasteiger partial charge in [0.1, 0.15) is 12.2 Å². The summed E-state index contributed by atoms with van der Waals surface area (Å²) in [5, 5.41) is 5.36. The fourth-order valence-corrected chi connectivity index (χ4v) is 1.25. The molecule has 0 bridgehead atoms. The zero-order chi connectivity index (χ0) is 7.84. The highest BCUT2D eigenvalue weighted by Crippen LogP contribution is 2.09. The first-order valence-corrected chi connectivity index (χ1v) is 3.37. The van der Waals surface area contributed by atoms with Gasteiger partial charge in [-0.1, -0.05) is 0 Å². The number of Topliss-reactive ketones (excluding diaryl/α,β-unsaturated/α-hetero) is 1. The van der Waals surface area contributed by atoms with Crippen molar-refractivity contribution in [1.82, 2.24) is 10.6 Å². The molecular weight excluding hydrogens is 146 g/mol. The number of piperidine rings is 1. The zero-order valence-corrected chi connectivity index (χ0v) is 5.70. The fraction of sp³-hybridized carbons (Fsp3) is 0.500. The van der Waals surface area contributed by atoms with Crippen molar-refractivity contribution >= 4 is 18.0 Å².